The molecule has 2 heterocycles. The van der Waals surface area contributed by atoms with E-state index < -0.39 is 0 Å². The number of hydrogen-bond donors (Lipinski definition) is 0. The Hall–Kier alpha value is -3.12. The smallest absolute Gasteiger partial charge is 0.233 e. The molecule has 0 saturated carbocycles. The fourth-order valence-electron chi connectivity index (χ4n) is 3.24. The highest BCUT2D eigenvalue weighted by molar-refractivity contribution is 7.22. The van der Waals surface area contributed by atoms with E-state index in [1.54, 1.807) is 23.4 Å². The molecule has 0 aliphatic rings. The van der Waals surface area contributed by atoms with E-state index in [9.17, 15) is 9.18 Å². The highest BCUT2D eigenvalue weighted by atomic mass is 32.1. The summed E-state index contributed by atoms with van der Waals surface area (Å²) in [4.78, 5) is 23.7. The number of benzene rings is 2. The first-order valence-electron chi connectivity index (χ1n) is 9.31. The monoisotopic (exact) mass is 405 g/mol. The Bertz CT molecular complexity index is 1170. The molecule has 2 aromatic carbocycles. The average Bonchev–Trinajstić information content (AvgIpc) is 3.11. The zero-order chi connectivity index (χ0) is 20.4. The average molecular weight is 405 g/mol. The molecule has 0 N–H and O–H groups in total. The minimum atomic E-state index is -0.312. The van der Waals surface area contributed by atoms with E-state index in [1.165, 1.54) is 29.0 Å². The number of aryl methyl sites for hydroxylation is 2. The van der Waals surface area contributed by atoms with Gasteiger partial charge in [0, 0.05) is 12.4 Å². The molecule has 6 heteroatoms. The summed E-state index contributed by atoms with van der Waals surface area (Å²) in [6.07, 6.45) is 3.72. The maximum atomic E-state index is 13.6. The number of aromatic nitrogens is 2. The Kier molecular flexibility index (Phi) is 5.36. The molecule has 4 nitrogen and oxygen atoms in total. The van der Waals surface area contributed by atoms with E-state index in [-0.39, 0.29) is 18.1 Å². The quantitative estimate of drug-likeness (QED) is 0.457. The summed E-state index contributed by atoms with van der Waals surface area (Å²) in [5.74, 6) is -0.367. The van der Waals surface area contributed by atoms with Gasteiger partial charge in [-0.2, -0.15) is 0 Å². The van der Waals surface area contributed by atoms with Crippen molar-refractivity contribution in [3.05, 3.63) is 89.0 Å². The van der Waals surface area contributed by atoms with Gasteiger partial charge in [-0.1, -0.05) is 41.2 Å². The first-order chi connectivity index (χ1) is 14.0. The Morgan fingerprint density at radius 3 is 2.76 bits per heavy atom. The van der Waals surface area contributed by atoms with Crippen LogP contribution >= 0.6 is 11.3 Å². The standard InChI is InChI=1S/C23H20FN3OS/c1-15-5-6-18(16(2)10-15)11-22(28)27(14-17-4-3-9-25-13-17)23-26-20-8-7-19(24)12-21(20)29-23/h3-10,12-13H,11,14H2,1-2H3. The zero-order valence-electron chi connectivity index (χ0n) is 16.2. The molecule has 0 spiro atoms. The number of thiazole rings is 1. The maximum absolute atomic E-state index is 13.6. The molecule has 1 amide bonds. The molecular formula is C23H20FN3OS. The minimum absolute atomic E-state index is 0.0552. The summed E-state index contributed by atoms with van der Waals surface area (Å²) in [6, 6.07) is 14.3. The van der Waals surface area contributed by atoms with Crippen LogP contribution in [0.25, 0.3) is 10.2 Å². The van der Waals surface area contributed by atoms with Crippen LogP contribution in [0.5, 0.6) is 0 Å². The second-order valence-corrected chi connectivity index (χ2v) is 8.07. The van der Waals surface area contributed by atoms with Crippen molar-refractivity contribution in [3.8, 4) is 0 Å². The first-order valence-corrected chi connectivity index (χ1v) is 10.1. The van der Waals surface area contributed by atoms with Crippen LogP contribution in [0.4, 0.5) is 9.52 Å². The lowest BCUT2D eigenvalue weighted by molar-refractivity contribution is -0.118. The summed E-state index contributed by atoms with van der Waals surface area (Å²) < 4.78 is 14.3. The van der Waals surface area contributed by atoms with Crippen LogP contribution in [0.15, 0.2) is 60.9 Å². The van der Waals surface area contributed by atoms with Crippen molar-refractivity contribution in [2.24, 2.45) is 0 Å². The number of halogens is 1. The molecule has 4 aromatic rings. The number of pyridine rings is 1. The van der Waals surface area contributed by atoms with E-state index in [0.29, 0.717) is 17.2 Å². The molecule has 29 heavy (non-hydrogen) atoms. The van der Waals surface area contributed by atoms with Crippen molar-refractivity contribution < 1.29 is 9.18 Å². The minimum Gasteiger partial charge on any atom is -0.283 e. The van der Waals surface area contributed by atoms with Crippen LogP contribution in [0, 0.1) is 19.7 Å². The topological polar surface area (TPSA) is 46.1 Å². The van der Waals surface area contributed by atoms with Crippen molar-refractivity contribution in [1.29, 1.82) is 0 Å². The van der Waals surface area contributed by atoms with Crippen molar-refractivity contribution in [2.75, 3.05) is 4.90 Å². The van der Waals surface area contributed by atoms with Crippen LogP contribution in [-0.4, -0.2) is 15.9 Å². The summed E-state index contributed by atoms with van der Waals surface area (Å²) in [5.41, 5.74) is 4.84. The number of fused-ring (bicyclic) bond motifs is 1. The molecular weight excluding hydrogens is 385 g/mol. The van der Waals surface area contributed by atoms with Crippen molar-refractivity contribution in [1.82, 2.24) is 9.97 Å². The summed E-state index contributed by atoms with van der Waals surface area (Å²) in [6.45, 7) is 4.41. The van der Waals surface area contributed by atoms with Crippen molar-refractivity contribution in [2.45, 2.75) is 26.8 Å². The van der Waals surface area contributed by atoms with Crippen molar-refractivity contribution >= 4 is 32.6 Å². The highest BCUT2D eigenvalue weighted by Crippen LogP contribution is 2.31. The Morgan fingerprint density at radius 2 is 2.00 bits per heavy atom. The number of carbonyl (C=O) groups is 1. The number of rotatable bonds is 5. The number of carbonyl (C=O) groups excluding carboxylic acids is 1. The van der Waals surface area contributed by atoms with Crippen LogP contribution in [-0.2, 0) is 17.8 Å². The molecule has 0 saturated heterocycles. The SMILES string of the molecule is Cc1ccc(CC(=O)N(Cc2cccnc2)c2nc3ccc(F)cc3s2)c(C)c1. The molecule has 0 bridgehead atoms. The molecule has 2 aromatic heterocycles. The summed E-state index contributed by atoms with van der Waals surface area (Å²) >= 11 is 1.32. The van der Waals surface area contributed by atoms with E-state index in [0.717, 1.165) is 21.4 Å². The molecule has 0 atom stereocenters. The molecule has 0 unspecified atom stereocenters. The number of hydrogen-bond acceptors (Lipinski definition) is 4. The number of anilines is 1. The third kappa shape index (κ3) is 4.32. The normalized spacial score (nSPS) is 11.0. The van der Waals surface area contributed by atoms with Crippen LogP contribution in [0.1, 0.15) is 22.3 Å². The molecule has 0 aliphatic heterocycles. The van der Waals surface area contributed by atoms with Gasteiger partial charge in [0.25, 0.3) is 0 Å². The third-order valence-corrected chi connectivity index (χ3v) is 5.82. The number of nitrogens with zero attached hydrogens (tertiary/aromatic N) is 3. The summed E-state index contributed by atoms with van der Waals surface area (Å²) in [5, 5.41) is 0.559. The van der Waals surface area contributed by atoms with Gasteiger partial charge in [-0.25, -0.2) is 9.37 Å². The van der Waals surface area contributed by atoms with Crippen molar-refractivity contribution in [3.63, 3.8) is 0 Å². The summed E-state index contributed by atoms with van der Waals surface area (Å²) in [7, 11) is 0. The molecule has 0 aliphatic carbocycles. The van der Waals surface area contributed by atoms with Gasteiger partial charge in [-0.05, 0) is 54.8 Å². The molecule has 4 rings (SSSR count). The van der Waals surface area contributed by atoms with Gasteiger partial charge < -0.3 is 0 Å². The van der Waals surface area contributed by atoms with Crippen LogP contribution in [0.3, 0.4) is 0 Å². The van der Waals surface area contributed by atoms with Gasteiger partial charge in [0.05, 0.1) is 23.2 Å². The Labute approximate surface area is 172 Å². The van der Waals surface area contributed by atoms with E-state index in [4.69, 9.17) is 0 Å². The zero-order valence-corrected chi connectivity index (χ0v) is 17.0. The number of amides is 1. The molecule has 146 valence electrons. The van der Waals surface area contributed by atoms with Gasteiger partial charge in [0.15, 0.2) is 5.13 Å². The lowest BCUT2D eigenvalue weighted by atomic mass is 10.0. The Balaban J connectivity index is 1.69. The van der Waals surface area contributed by atoms with Crippen LogP contribution < -0.4 is 4.90 Å². The van der Waals surface area contributed by atoms with E-state index in [1.807, 2.05) is 38.1 Å². The lowest BCUT2D eigenvalue weighted by Crippen LogP contribution is -2.32. The molecule has 0 radical (unpaired) electrons. The predicted molar refractivity (Wildman–Crippen MR) is 115 cm³/mol. The molecule has 0 fully saturated rings. The fourth-order valence-corrected chi connectivity index (χ4v) is 4.25. The largest absolute Gasteiger partial charge is 0.283 e. The first kappa shape index (κ1) is 19.2. The van der Waals surface area contributed by atoms with Gasteiger partial charge in [0.2, 0.25) is 5.91 Å². The Morgan fingerprint density at radius 1 is 1.14 bits per heavy atom. The van der Waals surface area contributed by atoms with Crippen LogP contribution in [0.2, 0.25) is 0 Å². The highest BCUT2D eigenvalue weighted by Gasteiger charge is 2.21. The third-order valence-electron chi connectivity index (χ3n) is 4.77. The van der Waals surface area contributed by atoms with E-state index >= 15 is 0 Å². The fraction of sp³-hybridized carbons (Fsp3) is 0.174. The predicted octanol–water partition coefficient (Wildman–Crippen LogP) is 5.22. The van der Waals surface area contributed by atoms with Gasteiger partial charge in [0.1, 0.15) is 5.82 Å². The second-order valence-electron chi connectivity index (χ2n) is 7.06. The second kappa shape index (κ2) is 8.09. The lowest BCUT2D eigenvalue weighted by Gasteiger charge is -2.20. The van der Waals surface area contributed by atoms with Gasteiger partial charge in [-0.3, -0.25) is 14.7 Å². The van der Waals surface area contributed by atoms with Gasteiger partial charge in [-0.15, -0.1) is 0 Å². The van der Waals surface area contributed by atoms with Gasteiger partial charge >= 0.3 is 0 Å². The maximum Gasteiger partial charge on any atom is 0.233 e. The van der Waals surface area contributed by atoms with E-state index in [2.05, 4.69) is 16.0 Å².